The van der Waals surface area contributed by atoms with E-state index in [4.69, 9.17) is 11.6 Å². The van der Waals surface area contributed by atoms with Crippen LogP contribution in [0.4, 0.5) is 0 Å². The van der Waals surface area contributed by atoms with E-state index in [2.05, 4.69) is 24.0 Å². The Hall–Kier alpha value is -1.87. The SMILES string of the molecule is CCc1ccc(CN(C)C(=O)c2cccc(Cl)n2)cc1. The van der Waals surface area contributed by atoms with E-state index < -0.39 is 0 Å². The second-order valence-corrected chi connectivity index (χ2v) is 5.06. The van der Waals surface area contributed by atoms with Crippen molar-refractivity contribution < 1.29 is 4.79 Å². The van der Waals surface area contributed by atoms with Gasteiger partial charge in [0.2, 0.25) is 0 Å². The van der Waals surface area contributed by atoms with Crippen molar-refractivity contribution in [3.63, 3.8) is 0 Å². The number of pyridine rings is 1. The Balaban J connectivity index is 2.07. The lowest BCUT2D eigenvalue weighted by Crippen LogP contribution is -2.27. The minimum atomic E-state index is -0.132. The number of benzene rings is 1. The molecule has 0 aliphatic rings. The Kier molecular flexibility index (Phi) is 4.74. The van der Waals surface area contributed by atoms with Crippen molar-refractivity contribution in [2.24, 2.45) is 0 Å². The third-order valence-corrected chi connectivity index (χ3v) is 3.34. The quantitative estimate of drug-likeness (QED) is 0.806. The molecule has 2 aromatic rings. The van der Waals surface area contributed by atoms with Crippen LogP contribution in [0.3, 0.4) is 0 Å². The maximum absolute atomic E-state index is 12.2. The van der Waals surface area contributed by atoms with Crippen molar-refractivity contribution in [1.82, 2.24) is 9.88 Å². The van der Waals surface area contributed by atoms with Gasteiger partial charge in [-0.2, -0.15) is 0 Å². The molecule has 0 aliphatic heterocycles. The molecular weight excluding hydrogens is 272 g/mol. The third-order valence-electron chi connectivity index (χ3n) is 3.13. The van der Waals surface area contributed by atoms with Gasteiger partial charge in [-0.1, -0.05) is 48.9 Å². The highest BCUT2D eigenvalue weighted by Crippen LogP contribution is 2.11. The molecule has 0 bridgehead atoms. The molecule has 104 valence electrons. The molecule has 0 N–H and O–H groups in total. The number of halogens is 1. The lowest BCUT2D eigenvalue weighted by Gasteiger charge is -2.17. The van der Waals surface area contributed by atoms with Gasteiger partial charge in [-0.05, 0) is 29.7 Å². The van der Waals surface area contributed by atoms with E-state index in [1.165, 1.54) is 5.56 Å². The lowest BCUT2D eigenvalue weighted by molar-refractivity contribution is 0.0779. The van der Waals surface area contributed by atoms with E-state index in [-0.39, 0.29) is 5.91 Å². The molecule has 0 atom stereocenters. The molecule has 20 heavy (non-hydrogen) atoms. The Morgan fingerprint density at radius 2 is 1.80 bits per heavy atom. The summed E-state index contributed by atoms with van der Waals surface area (Å²) in [6.07, 6.45) is 1.02. The first-order valence-electron chi connectivity index (χ1n) is 6.56. The van der Waals surface area contributed by atoms with Gasteiger partial charge in [0.15, 0.2) is 0 Å². The number of hydrogen-bond acceptors (Lipinski definition) is 2. The number of hydrogen-bond donors (Lipinski definition) is 0. The highest BCUT2D eigenvalue weighted by molar-refractivity contribution is 6.29. The molecule has 0 fully saturated rings. The number of carbonyl (C=O) groups is 1. The number of aryl methyl sites for hydroxylation is 1. The summed E-state index contributed by atoms with van der Waals surface area (Å²) in [6.45, 7) is 2.67. The first-order chi connectivity index (χ1) is 9.60. The molecule has 1 aromatic carbocycles. The number of amides is 1. The number of rotatable bonds is 4. The normalized spacial score (nSPS) is 10.3. The topological polar surface area (TPSA) is 33.2 Å². The van der Waals surface area contributed by atoms with Crippen molar-refractivity contribution in [2.45, 2.75) is 19.9 Å². The van der Waals surface area contributed by atoms with Crippen molar-refractivity contribution in [1.29, 1.82) is 0 Å². The molecule has 4 heteroatoms. The Morgan fingerprint density at radius 3 is 2.40 bits per heavy atom. The highest BCUT2D eigenvalue weighted by atomic mass is 35.5. The fourth-order valence-electron chi connectivity index (χ4n) is 1.95. The average Bonchev–Trinajstić information content (AvgIpc) is 2.47. The number of nitrogens with zero attached hydrogens (tertiary/aromatic N) is 2. The molecule has 3 nitrogen and oxygen atoms in total. The molecule has 0 saturated carbocycles. The zero-order chi connectivity index (χ0) is 14.5. The van der Waals surface area contributed by atoms with E-state index in [1.54, 1.807) is 30.1 Å². The van der Waals surface area contributed by atoms with Gasteiger partial charge in [0.1, 0.15) is 10.8 Å². The lowest BCUT2D eigenvalue weighted by atomic mass is 10.1. The molecule has 0 saturated heterocycles. The molecule has 2 rings (SSSR count). The second-order valence-electron chi connectivity index (χ2n) is 4.68. The van der Waals surface area contributed by atoms with Crippen LogP contribution in [0.25, 0.3) is 0 Å². The third kappa shape index (κ3) is 3.58. The van der Waals surface area contributed by atoms with Gasteiger partial charge in [-0.15, -0.1) is 0 Å². The van der Waals surface area contributed by atoms with E-state index in [0.717, 1.165) is 12.0 Å². The summed E-state index contributed by atoms with van der Waals surface area (Å²) in [6, 6.07) is 13.3. The minimum absolute atomic E-state index is 0.132. The van der Waals surface area contributed by atoms with Crippen molar-refractivity contribution >= 4 is 17.5 Å². The fourth-order valence-corrected chi connectivity index (χ4v) is 2.11. The monoisotopic (exact) mass is 288 g/mol. The fraction of sp³-hybridized carbons (Fsp3) is 0.250. The van der Waals surface area contributed by atoms with Crippen LogP contribution in [-0.4, -0.2) is 22.8 Å². The van der Waals surface area contributed by atoms with Crippen LogP contribution < -0.4 is 0 Å². The van der Waals surface area contributed by atoms with Crippen LogP contribution in [0.2, 0.25) is 5.15 Å². The van der Waals surface area contributed by atoms with E-state index in [0.29, 0.717) is 17.4 Å². The molecule has 0 radical (unpaired) electrons. The second kappa shape index (κ2) is 6.53. The molecule has 1 aromatic heterocycles. The van der Waals surface area contributed by atoms with Gasteiger partial charge in [-0.3, -0.25) is 4.79 Å². The summed E-state index contributed by atoms with van der Waals surface area (Å²) in [7, 11) is 1.76. The summed E-state index contributed by atoms with van der Waals surface area (Å²) < 4.78 is 0. The summed E-state index contributed by atoms with van der Waals surface area (Å²) in [4.78, 5) is 17.9. The number of aromatic nitrogens is 1. The van der Waals surface area contributed by atoms with Gasteiger partial charge < -0.3 is 4.90 Å². The van der Waals surface area contributed by atoms with E-state index in [9.17, 15) is 4.79 Å². The van der Waals surface area contributed by atoms with Crippen LogP contribution in [0.5, 0.6) is 0 Å². The predicted molar refractivity (Wildman–Crippen MR) is 80.9 cm³/mol. The first kappa shape index (κ1) is 14.5. The molecular formula is C16H17ClN2O. The molecule has 0 aliphatic carbocycles. The molecule has 0 unspecified atom stereocenters. The predicted octanol–water partition coefficient (Wildman–Crippen LogP) is 3.57. The summed E-state index contributed by atoms with van der Waals surface area (Å²) in [5.74, 6) is -0.132. The van der Waals surface area contributed by atoms with Gasteiger partial charge in [0.05, 0.1) is 0 Å². The summed E-state index contributed by atoms with van der Waals surface area (Å²) in [5.41, 5.74) is 2.75. The standard InChI is InChI=1S/C16H17ClN2O/c1-3-12-7-9-13(10-8-12)11-19(2)16(20)14-5-4-6-15(17)18-14/h4-10H,3,11H2,1-2H3. The van der Waals surface area contributed by atoms with Crippen LogP contribution >= 0.6 is 11.6 Å². The van der Waals surface area contributed by atoms with Gasteiger partial charge >= 0.3 is 0 Å². The van der Waals surface area contributed by atoms with Crippen LogP contribution in [0, 0.1) is 0 Å². The van der Waals surface area contributed by atoms with Crippen molar-refractivity contribution in [2.75, 3.05) is 7.05 Å². The highest BCUT2D eigenvalue weighted by Gasteiger charge is 2.13. The maximum atomic E-state index is 12.2. The zero-order valence-corrected chi connectivity index (χ0v) is 12.4. The van der Waals surface area contributed by atoms with Gasteiger partial charge in [-0.25, -0.2) is 4.98 Å². The number of carbonyl (C=O) groups excluding carboxylic acids is 1. The Labute approximate surface area is 124 Å². The van der Waals surface area contributed by atoms with Crippen molar-refractivity contribution in [3.05, 3.63) is 64.4 Å². The van der Waals surface area contributed by atoms with Gasteiger partial charge in [0.25, 0.3) is 5.91 Å². The Bertz CT molecular complexity index is 596. The van der Waals surface area contributed by atoms with Gasteiger partial charge in [0, 0.05) is 13.6 Å². The van der Waals surface area contributed by atoms with E-state index >= 15 is 0 Å². The zero-order valence-electron chi connectivity index (χ0n) is 11.6. The Morgan fingerprint density at radius 1 is 1.15 bits per heavy atom. The van der Waals surface area contributed by atoms with Crippen LogP contribution in [-0.2, 0) is 13.0 Å². The maximum Gasteiger partial charge on any atom is 0.272 e. The van der Waals surface area contributed by atoms with Crippen LogP contribution in [0.1, 0.15) is 28.5 Å². The summed E-state index contributed by atoms with van der Waals surface area (Å²) >= 11 is 5.81. The largest absolute Gasteiger partial charge is 0.336 e. The smallest absolute Gasteiger partial charge is 0.272 e. The first-order valence-corrected chi connectivity index (χ1v) is 6.93. The minimum Gasteiger partial charge on any atom is -0.336 e. The molecule has 0 spiro atoms. The molecule has 1 heterocycles. The van der Waals surface area contributed by atoms with Crippen molar-refractivity contribution in [3.8, 4) is 0 Å². The molecule has 1 amide bonds. The van der Waals surface area contributed by atoms with E-state index in [1.807, 2.05) is 12.1 Å². The summed E-state index contributed by atoms with van der Waals surface area (Å²) in [5, 5.41) is 0.330. The average molecular weight is 289 g/mol. The van der Waals surface area contributed by atoms with Crippen LogP contribution in [0.15, 0.2) is 42.5 Å².